The van der Waals surface area contributed by atoms with Crippen LogP contribution in [0.5, 0.6) is 0 Å². The van der Waals surface area contributed by atoms with Crippen molar-refractivity contribution in [2.75, 3.05) is 0 Å². The minimum absolute atomic E-state index is 0.0710. The number of nitrogens with one attached hydrogen (secondary N) is 1. The molecule has 0 saturated heterocycles. The van der Waals surface area contributed by atoms with Crippen molar-refractivity contribution in [3.8, 4) is 0 Å². The molecule has 1 fully saturated rings. The summed E-state index contributed by atoms with van der Waals surface area (Å²) >= 11 is 0. The van der Waals surface area contributed by atoms with Crippen molar-refractivity contribution in [2.45, 2.75) is 52.3 Å². The minimum Gasteiger partial charge on any atom is -0.393 e. The Morgan fingerprint density at radius 1 is 1.12 bits per heavy atom. The number of hydrogen-bond donors (Lipinski definition) is 2. The third kappa shape index (κ3) is 2.45. The maximum atomic E-state index is 9.21. The van der Waals surface area contributed by atoms with Crippen molar-refractivity contribution in [2.24, 2.45) is 0 Å². The fourth-order valence-electron chi connectivity index (χ4n) is 2.22. The van der Waals surface area contributed by atoms with Gasteiger partial charge in [-0.15, -0.1) is 0 Å². The van der Waals surface area contributed by atoms with Gasteiger partial charge in [-0.1, -0.05) is 12.1 Å². The van der Waals surface area contributed by atoms with Crippen molar-refractivity contribution < 1.29 is 5.11 Å². The van der Waals surface area contributed by atoms with Crippen LogP contribution in [0.1, 0.15) is 35.1 Å². The highest BCUT2D eigenvalue weighted by Crippen LogP contribution is 2.21. The van der Waals surface area contributed by atoms with E-state index in [9.17, 15) is 5.11 Å². The number of aliphatic hydroxyl groups is 1. The standard InChI is InChI=1S/C14H21NO/c1-9-4-11(3)12(5-10(9)2)8-15-13-6-14(16)7-13/h4-5,13-16H,6-8H2,1-3H3. The third-order valence-electron chi connectivity index (χ3n) is 3.65. The van der Waals surface area contributed by atoms with Gasteiger partial charge in [-0.25, -0.2) is 0 Å². The Morgan fingerprint density at radius 3 is 2.38 bits per heavy atom. The zero-order valence-electron chi connectivity index (χ0n) is 10.4. The highest BCUT2D eigenvalue weighted by Gasteiger charge is 2.26. The third-order valence-corrected chi connectivity index (χ3v) is 3.65. The molecule has 0 atom stereocenters. The Bertz CT molecular complexity index is 381. The Labute approximate surface area is 97.7 Å². The second-order valence-corrected chi connectivity index (χ2v) is 5.07. The highest BCUT2D eigenvalue weighted by atomic mass is 16.3. The van der Waals surface area contributed by atoms with E-state index in [-0.39, 0.29) is 6.10 Å². The van der Waals surface area contributed by atoms with Gasteiger partial charge < -0.3 is 10.4 Å². The van der Waals surface area contributed by atoms with E-state index in [1.54, 1.807) is 0 Å². The van der Waals surface area contributed by atoms with E-state index >= 15 is 0 Å². The summed E-state index contributed by atoms with van der Waals surface area (Å²) in [6.07, 6.45) is 1.74. The maximum absolute atomic E-state index is 9.21. The van der Waals surface area contributed by atoms with Gasteiger partial charge in [0.05, 0.1) is 6.10 Å². The van der Waals surface area contributed by atoms with Crippen LogP contribution >= 0.6 is 0 Å². The SMILES string of the molecule is Cc1cc(C)c(CNC2CC(O)C2)cc1C. The summed E-state index contributed by atoms with van der Waals surface area (Å²) in [6.45, 7) is 7.40. The van der Waals surface area contributed by atoms with Gasteiger partial charge in [0.1, 0.15) is 0 Å². The molecule has 0 spiro atoms. The molecular weight excluding hydrogens is 198 g/mol. The number of aryl methyl sites for hydroxylation is 3. The second kappa shape index (κ2) is 4.56. The lowest BCUT2D eigenvalue weighted by Gasteiger charge is -2.32. The van der Waals surface area contributed by atoms with Crippen LogP contribution in [0.15, 0.2) is 12.1 Å². The number of benzene rings is 1. The molecule has 2 nitrogen and oxygen atoms in total. The predicted molar refractivity (Wildman–Crippen MR) is 66.5 cm³/mol. The van der Waals surface area contributed by atoms with Crippen molar-refractivity contribution in [1.82, 2.24) is 5.32 Å². The van der Waals surface area contributed by atoms with Gasteiger partial charge in [-0.05, 0) is 55.9 Å². The quantitative estimate of drug-likeness (QED) is 0.817. The summed E-state index contributed by atoms with van der Waals surface area (Å²) in [4.78, 5) is 0. The van der Waals surface area contributed by atoms with Gasteiger partial charge in [-0.3, -0.25) is 0 Å². The van der Waals surface area contributed by atoms with E-state index in [1.165, 1.54) is 22.3 Å². The molecule has 0 bridgehead atoms. The molecule has 2 N–H and O–H groups in total. The Balaban J connectivity index is 1.96. The van der Waals surface area contributed by atoms with Gasteiger partial charge in [0, 0.05) is 12.6 Å². The molecule has 1 aromatic carbocycles. The van der Waals surface area contributed by atoms with E-state index in [4.69, 9.17) is 0 Å². The Morgan fingerprint density at radius 2 is 1.75 bits per heavy atom. The fraction of sp³-hybridized carbons (Fsp3) is 0.571. The summed E-state index contributed by atoms with van der Waals surface area (Å²) < 4.78 is 0. The van der Waals surface area contributed by atoms with E-state index in [0.29, 0.717) is 6.04 Å². The molecule has 0 heterocycles. The maximum Gasteiger partial charge on any atom is 0.0570 e. The molecule has 88 valence electrons. The monoisotopic (exact) mass is 219 g/mol. The first kappa shape index (κ1) is 11.6. The zero-order chi connectivity index (χ0) is 11.7. The Kier molecular flexibility index (Phi) is 3.31. The number of aliphatic hydroxyl groups excluding tert-OH is 1. The summed E-state index contributed by atoms with van der Waals surface area (Å²) in [7, 11) is 0. The van der Waals surface area contributed by atoms with Crippen LogP contribution in [0.3, 0.4) is 0 Å². The van der Waals surface area contributed by atoms with Crippen LogP contribution in [-0.2, 0) is 6.54 Å². The molecule has 0 radical (unpaired) electrons. The second-order valence-electron chi connectivity index (χ2n) is 5.07. The molecule has 2 rings (SSSR count). The van der Waals surface area contributed by atoms with Crippen LogP contribution in [0.25, 0.3) is 0 Å². The largest absolute Gasteiger partial charge is 0.393 e. The molecular formula is C14H21NO. The Hall–Kier alpha value is -0.860. The van der Waals surface area contributed by atoms with Crippen LogP contribution in [-0.4, -0.2) is 17.3 Å². The molecule has 1 aliphatic carbocycles. The zero-order valence-corrected chi connectivity index (χ0v) is 10.4. The van der Waals surface area contributed by atoms with Gasteiger partial charge in [0.25, 0.3) is 0 Å². The molecule has 1 aromatic rings. The summed E-state index contributed by atoms with van der Waals surface area (Å²) in [5.74, 6) is 0. The van der Waals surface area contributed by atoms with Gasteiger partial charge in [0.15, 0.2) is 0 Å². The molecule has 16 heavy (non-hydrogen) atoms. The first-order valence-electron chi connectivity index (χ1n) is 6.04. The molecule has 0 aromatic heterocycles. The molecule has 0 amide bonds. The summed E-state index contributed by atoms with van der Waals surface area (Å²) in [6, 6.07) is 5.03. The average Bonchev–Trinajstić information content (AvgIpc) is 2.18. The van der Waals surface area contributed by atoms with Crippen LogP contribution in [0, 0.1) is 20.8 Å². The van der Waals surface area contributed by atoms with Crippen LogP contribution < -0.4 is 5.32 Å². The molecule has 0 aliphatic heterocycles. The predicted octanol–water partition coefficient (Wildman–Crippen LogP) is 2.22. The van der Waals surface area contributed by atoms with Crippen LogP contribution in [0.2, 0.25) is 0 Å². The normalized spacial score (nSPS) is 24.2. The fourth-order valence-corrected chi connectivity index (χ4v) is 2.22. The minimum atomic E-state index is -0.0710. The van der Waals surface area contributed by atoms with E-state index in [1.807, 2.05) is 0 Å². The lowest BCUT2D eigenvalue weighted by molar-refractivity contribution is 0.0619. The van der Waals surface area contributed by atoms with Gasteiger partial charge in [0.2, 0.25) is 0 Å². The molecule has 1 aliphatic rings. The first-order chi connectivity index (χ1) is 7.56. The summed E-state index contributed by atoms with van der Waals surface area (Å²) in [5.41, 5.74) is 5.45. The topological polar surface area (TPSA) is 32.3 Å². The van der Waals surface area contributed by atoms with E-state index < -0.39 is 0 Å². The van der Waals surface area contributed by atoms with E-state index in [0.717, 1.165) is 19.4 Å². The van der Waals surface area contributed by atoms with Gasteiger partial charge >= 0.3 is 0 Å². The van der Waals surface area contributed by atoms with Gasteiger partial charge in [-0.2, -0.15) is 0 Å². The average molecular weight is 219 g/mol. The molecule has 0 unspecified atom stereocenters. The van der Waals surface area contributed by atoms with Crippen molar-refractivity contribution in [3.05, 3.63) is 34.4 Å². The lowest BCUT2D eigenvalue weighted by Crippen LogP contribution is -2.43. The highest BCUT2D eigenvalue weighted by molar-refractivity contribution is 5.36. The van der Waals surface area contributed by atoms with Crippen molar-refractivity contribution in [1.29, 1.82) is 0 Å². The van der Waals surface area contributed by atoms with E-state index in [2.05, 4.69) is 38.2 Å². The van der Waals surface area contributed by atoms with Crippen molar-refractivity contribution >= 4 is 0 Å². The first-order valence-corrected chi connectivity index (χ1v) is 6.04. The molecule has 2 heteroatoms. The summed E-state index contributed by atoms with van der Waals surface area (Å²) in [5, 5.41) is 12.7. The van der Waals surface area contributed by atoms with Crippen LogP contribution in [0.4, 0.5) is 0 Å². The smallest absolute Gasteiger partial charge is 0.0570 e. The lowest BCUT2D eigenvalue weighted by atomic mass is 9.89. The molecule has 1 saturated carbocycles. The van der Waals surface area contributed by atoms with Crippen molar-refractivity contribution in [3.63, 3.8) is 0 Å². The number of rotatable bonds is 3. The number of hydrogen-bond acceptors (Lipinski definition) is 2.